The van der Waals surface area contributed by atoms with Crippen LogP contribution in [0.4, 0.5) is 62.6 Å². The van der Waals surface area contributed by atoms with Crippen molar-refractivity contribution < 1.29 is 14.4 Å². The number of non-ortho nitro benzene ring substituents is 1. The van der Waals surface area contributed by atoms with Gasteiger partial charge in [0.25, 0.3) is 5.69 Å². The number of fused-ring (bicyclic) bond motifs is 5. The molecule has 15 aromatic carbocycles. The molecule has 0 aromatic heterocycles. The normalized spacial score (nSPS) is 10.6. The van der Waals surface area contributed by atoms with Gasteiger partial charge in [-0.2, -0.15) is 0 Å². The van der Waals surface area contributed by atoms with Crippen LogP contribution in [0.2, 0.25) is 0 Å². The van der Waals surface area contributed by atoms with Gasteiger partial charge in [0.2, 0.25) is 0 Å². The van der Waals surface area contributed by atoms with E-state index in [4.69, 9.17) is 9.47 Å². The first-order valence-corrected chi connectivity index (χ1v) is 33.0. The zero-order valence-electron chi connectivity index (χ0n) is 57.6. The van der Waals surface area contributed by atoms with E-state index in [1.807, 2.05) is 60.5 Å². The molecule has 0 aliphatic carbocycles. The fraction of sp³-hybridized carbons (Fsp3) is 0.101. The van der Waals surface area contributed by atoms with Crippen molar-refractivity contribution in [3.05, 3.63) is 355 Å². The molecule has 0 unspecified atom stereocenters. The third-order valence-corrected chi connectivity index (χ3v) is 17.8. The Morgan fingerprint density at radius 3 is 0.818 bits per heavy atom. The Bertz CT molecular complexity index is 5180. The molecular formula is C89H82N6O4. The van der Waals surface area contributed by atoms with E-state index < -0.39 is 0 Å². The molecule has 15 aromatic rings. The molecule has 0 aliphatic heterocycles. The topological polar surface area (TPSA) is 77.8 Å². The number of rotatable bonds is 13. The first kappa shape index (κ1) is 68.0. The van der Waals surface area contributed by atoms with Crippen molar-refractivity contribution in [1.29, 1.82) is 0 Å². The summed E-state index contributed by atoms with van der Waals surface area (Å²) in [5.74, 6) is 1.75. The Labute approximate surface area is 581 Å². The molecule has 0 atom stereocenters. The zero-order valence-corrected chi connectivity index (χ0v) is 57.6. The number of nitro benzene ring substituents is 1. The van der Waals surface area contributed by atoms with Gasteiger partial charge in [0, 0.05) is 110 Å². The first-order chi connectivity index (χ1) is 48.2. The highest BCUT2D eigenvalue weighted by Crippen LogP contribution is 2.34. The lowest BCUT2D eigenvalue weighted by Crippen LogP contribution is -2.09. The Morgan fingerprint density at radius 2 is 0.505 bits per heavy atom. The van der Waals surface area contributed by atoms with Crippen molar-refractivity contribution in [2.45, 2.75) is 13.8 Å². The fourth-order valence-corrected chi connectivity index (χ4v) is 11.7. The van der Waals surface area contributed by atoms with Gasteiger partial charge in [-0.1, -0.05) is 188 Å². The van der Waals surface area contributed by atoms with Crippen LogP contribution in [-0.4, -0.2) is 54.4 Å². The summed E-state index contributed by atoms with van der Waals surface area (Å²) in [4.78, 5) is 21.1. The van der Waals surface area contributed by atoms with E-state index in [2.05, 4.69) is 322 Å². The van der Waals surface area contributed by atoms with E-state index in [-0.39, 0.29) is 10.6 Å². The molecule has 0 saturated carbocycles. The maximum absolute atomic E-state index is 10.7. The highest BCUT2D eigenvalue weighted by molar-refractivity contribution is 5.91. The van der Waals surface area contributed by atoms with Crippen LogP contribution in [0.25, 0.3) is 53.9 Å². The largest absolute Gasteiger partial charge is 0.497 e. The molecule has 0 fully saturated rings. The highest BCUT2D eigenvalue weighted by atomic mass is 16.6. The van der Waals surface area contributed by atoms with Crippen molar-refractivity contribution in [2.24, 2.45) is 0 Å². The Kier molecular flexibility index (Phi) is 22.2. The molecule has 0 N–H and O–H groups in total. The van der Waals surface area contributed by atoms with Gasteiger partial charge < -0.3 is 34.0 Å². The minimum atomic E-state index is -0.389. The maximum Gasteiger partial charge on any atom is 0.269 e. The van der Waals surface area contributed by atoms with E-state index in [0.717, 1.165) is 39.9 Å². The van der Waals surface area contributed by atoms with E-state index in [1.165, 1.54) is 106 Å². The van der Waals surface area contributed by atoms with Gasteiger partial charge in [-0.25, -0.2) is 0 Å². The lowest BCUT2D eigenvalue weighted by molar-refractivity contribution is -0.384. The van der Waals surface area contributed by atoms with Gasteiger partial charge in [0.05, 0.1) is 19.1 Å². The molecule has 492 valence electrons. The van der Waals surface area contributed by atoms with Crippen LogP contribution < -0.4 is 34.0 Å². The minimum Gasteiger partial charge on any atom is -0.497 e. The van der Waals surface area contributed by atoms with Crippen LogP contribution >= 0.6 is 0 Å². The van der Waals surface area contributed by atoms with Crippen molar-refractivity contribution >= 4 is 116 Å². The average molecular weight is 1300 g/mol. The fourth-order valence-electron chi connectivity index (χ4n) is 11.7. The van der Waals surface area contributed by atoms with Crippen molar-refractivity contribution in [3.8, 4) is 11.5 Å². The summed E-state index contributed by atoms with van der Waals surface area (Å²) >= 11 is 0. The molecule has 0 heterocycles. The number of aryl methyl sites for hydroxylation is 2. The number of methoxy groups -OCH3 is 2. The molecule has 15 rings (SSSR count). The lowest BCUT2D eigenvalue weighted by Gasteiger charge is -2.20. The van der Waals surface area contributed by atoms with E-state index in [0.29, 0.717) is 0 Å². The van der Waals surface area contributed by atoms with E-state index in [1.54, 1.807) is 26.4 Å². The van der Waals surface area contributed by atoms with Crippen molar-refractivity contribution in [1.82, 2.24) is 0 Å². The quantitative estimate of drug-likeness (QED) is 0.0828. The molecule has 0 aliphatic rings. The van der Waals surface area contributed by atoms with Crippen molar-refractivity contribution in [2.75, 3.05) is 74.0 Å². The summed E-state index contributed by atoms with van der Waals surface area (Å²) in [6, 6.07) is 114. The third-order valence-electron chi connectivity index (χ3n) is 17.8. The summed E-state index contributed by atoms with van der Waals surface area (Å²) in [6.07, 6.45) is 0. The summed E-state index contributed by atoms with van der Waals surface area (Å²) in [5.41, 5.74) is 14.1. The van der Waals surface area contributed by atoms with E-state index >= 15 is 0 Å². The van der Waals surface area contributed by atoms with Crippen LogP contribution in [0.15, 0.2) is 334 Å². The average Bonchev–Trinajstić information content (AvgIpc) is 0.879. The summed E-state index contributed by atoms with van der Waals surface area (Å²) in [7, 11) is 13.7. The monoisotopic (exact) mass is 1300 g/mol. The number of anilines is 10. The molecule has 10 heteroatoms. The smallest absolute Gasteiger partial charge is 0.269 e. The summed E-state index contributed by atoms with van der Waals surface area (Å²) in [6.45, 7) is 4.23. The van der Waals surface area contributed by atoms with E-state index in [9.17, 15) is 10.1 Å². The summed E-state index contributed by atoms with van der Waals surface area (Å²) < 4.78 is 10.5. The van der Waals surface area contributed by atoms with Gasteiger partial charge in [-0.05, 0) is 207 Å². The Morgan fingerprint density at radius 1 is 0.242 bits per heavy atom. The number of benzene rings is 15. The predicted molar refractivity (Wildman–Crippen MR) is 421 cm³/mol. The molecule has 99 heavy (non-hydrogen) atoms. The van der Waals surface area contributed by atoms with Gasteiger partial charge >= 0.3 is 0 Å². The molecule has 0 saturated heterocycles. The Balaban J connectivity index is 0.000000125. The number of nitro groups is 1. The standard InChI is InChI=1S/2C18H17NO.2C18H17N.C17H14N2O2/c1-19(16-8-5-9-18(13-16)20-2)17-11-10-14-6-3-4-7-15(14)12-17;1-19(16-9-11-18(20-2)12-10-16)17-8-7-14-5-3-4-6-15(14)13-17;1-14-6-5-9-17(12-14)19(2)18-11-10-15-7-3-4-8-16(15)13-18;1-14-7-10-17(11-8-14)19(2)18-12-9-15-5-3-4-6-16(15)13-18;1-18(15-8-10-16(11-9-15)19(20)21)17-7-6-13-4-2-3-5-14(13)12-17/h2*3-13H,1-2H3;2*3-13H,1-2H3;2-12H,1H3. The lowest BCUT2D eigenvalue weighted by atomic mass is 10.1. The second-order valence-corrected chi connectivity index (χ2v) is 24.3. The predicted octanol–water partition coefficient (Wildman–Crippen LogP) is 23.6. The number of ether oxygens (including phenoxy) is 2. The van der Waals surface area contributed by atoms with Crippen molar-refractivity contribution in [3.63, 3.8) is 0 Å². The van der Waals surface area contributed by atoms with Crippen LogP contribution in [0.1, 0.15) is 11.1 Å². The number of hydrogen-bond donors (Lipinski definition) is 0. The highest BCUT2D eigenvalue weighted by Gasteiger charge is 2.12. The third kappa shape index (κ3) is 17.4. The number of nitrogens with zero attached hydrogens (tertiary/aromatic N) is 6. The second-order valence-electron chi connectivity index (χ2n) is 24.3. The summed E-state index contributed by atoms with van der Waals surface area (Å²) in [5, 5.41) is 23.2. The van der Waals surface area contributed by atoms with Crippen LogP contribution in [0.3, 0.4) is 0 Å². The molecule has 10 nitrogen and oxygen atoms in total. The first-order valence-electron chi connectivity index (χ1n) is 33.0. The molecule has 0 bridgehead atoms. The zero-order chi connectivity index (χ0) is 69.2. The number of hydrogen-bond acceptors (Lipinski definition) is 9. The Hall–Kier alpha value is -12.4. The molecule has 0 spiro atoms. The second kappa shape index (κ2) is 32.4. The maximum atomic E-state index is 10.7. The van der Waals surface area contributed by atoms with Crippen LogP contribution in [0, 0.1) is 24.0 Å². The van der Waals surface area contributed by atoms with Gasteiger partial charge in [0.15, 0.2) is 0 Å². The van der Waals surface area contributed by atoms with Gasteiger partial charge in [0.1, 0.15) is 11.5 Å². The SMILES string of the molecule is CN(c1ccc([N+](=O)[O-])cc1)c1ccc2ccccc2c1.COc1ccc(N(C)c2ccc3ccccc3c2)cc1.COc1cccc(N(C)c2ccc3ccccc3c2)c1.Cc1ccc(N(C)c2ccc3ccccc3c2)cc1.Cc1cccc(N(C)c2ccc3ccccc3c2)c1. The van der Waals surface area contributed by atoms with Gasteiger partial charge in [-0.15, -0.1) is 0 Å². The van der Waals surface area contributed by atoms with Gasteiger partial charge in [-0.3, -0.25) is 10.1 Å². The van der Waals surface area contributed by atoms with Crippen LogP contribution in [0.5, 0.6) is 11.5 Å². The molecule has 0 amide bonds. The molecular weight excluding hydrogens is 1220 g/mol. The van der Waals surface area contributed by atoms with Crippen LogP contribution in [-0.2, 0) is 0 Å². The molecule has 0 radical (unpaired) electrons. The minimum absolute atomic E-state index is 0.102.